The fourth-order valence-corrected chi connectivity index (χ4v) is 0.960. The van der Waals surface area contributed by atoms with Crippen molar-refractivity contribution in [2.75, 3.05) is 6.61 Å². The third-order valence-corrected chi connectivity index (χ3v) is 1.59. The monoisotopic (exact) mass is 211 g/mol. The Balaban J connectivity index is 0.00000169. The molecule has 0 aliphatic carbocycles. The Bertz CT molecular complexity index is 289. The van der Waals surface area contributed by atoms with Crippen molar-refractivity contribution >= 4 is 12.4 Å². The predicted molar refractivity (Wildman–Crippen MR) is 59.9 cm³/mol. The summed E-state index contributed by atoms with van der Waals surface area (Å²) in [5, 5.41) is 0. The van der Waals surface area contributed by atoms with E-state index >= 15 is 0 Å². The van der Waals surface area contributed by atoms with Crippen LogP contribution < -0.4 is 5.73 Å². The van der Waals surface area contributed by atoms with E-state index in [0.29, 0.717) is 19.6 Å². The van der Waals surface area contributed by atoms with Crippen LogP contribution in [0.25, 0.3) is 0 Å². The van der Waals surface area contributed by atoms with E-state index in [4.69, 9.17) is 10.5 Å². The van der Waals surface area contributed by atoms with Gasteiger partial charge in [0.15, 0.2) is 0 Å². The SMILES string of the molecule is Cl.NC#CCCOCc1ccccc1. The van der Waals surface area contributed by atoms with Gasteiger partial charge in [-0.25, -0.2) is 0 Å². The lowest BCUT2D eigenvalue weighted by Crippen LogP contribution is -1.94. The zero-order valence-electron chi connectivity index (χ0n) is 7.90. The molecule has 0 aliphatic rings. The molecule has 0 aromatic heterocycles. The van der Waals surface area contributed by atoms with Crippen molar-refractivity contribution in [3.63, 3.8) is 0 Å². The van der Waals surface area contributed by atoms with Gasteiger partial charge in [-0.2, -0.15) is 0 Å². The highest BCUT2D eigenvalue weighted by atomic mass is 35.5. The predicted octanol–water partition coefficient (Wildman–Crippen LogP) is 1.93. The van der Waals surface area contributed by atoms with Crippen molar-refractivity contribution < 1.29 is 4.74 Å². The molecule has 1 aromatic rings. The van der Waals surface area contributed by atoms with E-state index in [9.17, 15) is 0 Å². The lowest BCUT2D eigenvalue weighted by molar-refractivity contribution is 0.126. The molecule has 0 heterocycles. The van der Waals surface area contributed by atoms with E-state index in [-0.39, 0.29) is 12.4 Å². The van der Waals surface area contributed by atoms with Gasteiger partial charge in [-0.1, -0.05) is 36.3 Å². The third-order valence-electron chi connectivity index (χ3n) is 1.59. The van der Waals surface area contributed by atoms with E-state index in [1.807, 2.05) is 30.3 Å². The molecule has 1 rings (SSSR count). The summed E-state index contributed by atoms with van der Waals surface area (Å²) >= 11 is 0. The summed E-state index contributed by atoms with van der Waals surface area (Å²) in [4.78, 5) is 0. The van der Waals surface area contributed by atoms with Gasteiger partial charge in [0.05, 0.1) is 13.2 Å². The standard InChI is InChI=1S/C11H13NO.ClH/c12-8-4-5-9-13-10-11-6-2-1-3-7-11;/h1-3,6-7H,5,9-10,12H2;1H. The Morgan fingerprint density at radius 1 is 1.21 bits per heavy atom. The highest BCUT2D eigenvalue weighted by molar-refractivity contribution is 5.85. The summed E-state index contributed by atoms with van der Waals surface area (Å²) in [6.45, 7) is 1.28. The molecule has 0 spiro atoms. The number of halogens is 1. The minimum atomic E-state index is 0. The van der Waals surface area contributed by atoms with Crippen molar-refractivity contribution in [3.8, 4) is 12.0 Å². The van der Waals surface area contributed by atoms with Crippen LogP contribution in [0.1, 0.15) is 12.0 Å². The second-order valence-electron chi connectivity index (χ2n) is 2.61. The first-order chi connectivity index (χ1) is 6.43. The van der Waals surface area contributed by atoms with Crippen molar-refractivity contribution in [2.24, 2.45) is 5.73 Å². The number of hydrogen-bond donors (Lipinski definition) is 1. The van der Waals surface area contributed by atoms with Crippen LogP contribution >= 0.6 is 12.4 Å². The number of ether oxygens (including phenoxy) is 1. The maximum Gasteiger partial charge on any atom is 0.0717 e. The Hall–Kier alpha value is -1.17. The molecule has 0 radical (unpaired) electrons. The van der Waals surface area contributed by atoms with E-state index in [1.165, 1.54) is 5.56 Å². The van der Waals surface area contributed by atoms with Gasteiger partial charge >= 0.3 is 0 Å². The second kappa shape index (κ2) is 8.43. The zero-order chi connectivity index (χ0) is 9.36. The summed E-state index contributed by atoms with van der Waals surface area (Å²) in [6.07, 6.45) is 0.698. The van der Waals surface area contributed by atoms with Crippen LogP contribution in [0.4, 0.5) is 0 Å². The molecule has 0 bridgehead atoms. The first-order valence-electron chi connectivity index (χ1n) is 4.23. The van der Waals surface area contributed by atoms with Crippen LogP contribution in [0.3, 0.4) is 0 Å². The highest BCUT2D eigenvalue weighted by Crippen LogP contribution is 2.00. The molecule has 0 saturated carbocycles. The van der Waals surface area contributed by atoms with Crippen LogP contribution in [0, 0.1) is 12.0 Å². The molecule has 3 heteroatoms. The molecule has 2 nitrogen and oxygen atoms in total. The van der Waals surface area contributed by atoms with Gasteiger partial charge in [0, 0.05) is 12.5 Å². The van der Waals surface area contributed by atoms with Gasteiger partial charge in [0.1, 0.15) is 0 Å². The van der Waals surface area contributed by atoms with Crippen LogP contribution in [-0.2, 0) is 11.3 Å². The number of benzene rings is 1. The van der Waals surface area contributed by atoms with Gasteiger partial charge in [0.25, 0.3) is 0 Å². The Morgan fingerprint density at radius 2 is 1.93 bits per heavy atom. The molecule has 1 aromatic carbocycles. The maximum absolute atomic E-state index is 5.36. The van der Waals surface area contributed by atoms with Gasteiger partial charge in [0.2, 0.25) is 0 Å². The fraction of sp³-hybridized carbons (Fsp3) is 0.273. The number of rotatable bonds is 4. The van der Waals surface area contributed by atoms with Crippen molar-refractivity contribution in [1.82, 2.24) is 0 Å². The molecular formula is C11H14ClNO. The van der Waals surface area contributed by atoms with Gasteiger partial charge in [-0.05, 0) is 5.56 Å². The molecule has 0 fully saturated rings. The molecule has 0 atom stereocenters. The molecular weight excluding hydrogens is 198 g/mol. The smallest absolute Gasteiger partial charge is 0.0717 e. The molecule has 0 aliphatic heterocycles. The first kappa shape index (κ1) is 12.8. The summed E-state index contributed by atoms with van der Waals surface area (Å²) in [6, 6.07) is 12.4. The van der Waals surface area contributed by atoms with Crippen molar-refractivity contribution in [1.29, 1.82) is 0 Å². The lowest BCUT2D eigenvalue weighted by Gasteiger charge is -2.00. The van der Waals surface area contributed by atoms with Crippen LogP contribution in [-0.4, -0.2) is 6.61 Å². The number of nitrogens with two attached hydrogens (primary N) is 1. The van der Waals surface area contributed by atoms with Gasteiger partial charge in [-0.3, -0.25) is 0 Å². The van der Waals surface area contributed by atoms with E-state index in [0.717, 1.165) is 0 Å². The molecule has 76 valence electrons. The molecule has 14 heavy (non-hydrogen) atoms. The Kier molecular flexibility index (Phi) is 7.72. The fourth-order valence-electron chi connectivity index (χ4n) is 0.960. The molecule has 0 saturated heterocycles. The van der Waals surface area contributed by atoms with Crippen molar-refractivity contribution in [2.45, 2.75) is 13.0 Å². The average molecular weight is 212 g/mol. The average Bonchev–Trinajstić information content (AvgIpc) is 2.19. The van der Waals surface area contributed by atoms with Crippen LogP contribution in [0.5, 0.6) is 0 Å². The number of hydrogen-bond acceptors (Lipinski definition) is 2. The summed E-state index contributed by atoms with van der Waals surface area (Å²) in [5.74, 6) is 2.74. The Morgan fingerprint density at radius 3 is 2.57 bits per heavy atom. The molecule has 0 amide bonds. The normalized spacial score (nSPS) is 8.29. The van der Waals surface area contributed by atoms with E-state index in [1.54, 1.807) is 0 Å². The second-order valence-corrected chi connectivity index (χ2v) is 2.61. The minimum absolute atomic E-state index is 0. The van der Waals surface area contributed by atoms with Gasteiger partial charge < -0.3 is 10.5 Å². The summed E-state index contributed by atoms with van der Waals surface area (Å²) in [7, 11) is 0. The molecule has 0 unspecified atom stereocenters. The zero-order valence-corrected chi connectivity index (χ0v) is 8.72. The Labute approximate surface area is 90.9 Å². The molecule has 2 N–H and O–H groups in total. The third kappa shape index (κ3) is 5.47. The topological polar surface area (TPSA) is 35.2 Å². The summed E-state index contributed by atoms with van der Waals surface area (Å²) < 4.78 is 5.36. The minimum Gasteiger partial charge on any atom is -0.376 e. The van der Waals surface area contributed by atoms with Gasteiger partial charge in [-0.15, -0.1) is 12.4 Å². The highest BCUT2D eigenvalue weighted by Gasteiger charge is 1.89. The lowest BCUT2D eigenvalue weighted by atomic mass is 10.2. The van der Waals surface area contributed by atoms with Crippen LogP contribution in [0.15, 0.2) is 30.3 Å². The maximum atomic E-state index is 5.36. The van der Waals surface area contributed by atoms with E-state index < -0.39 is 0 Å². The van der Waals surface area contributed by atoms with E-state index in [2.05, 4.69) is 12.0 Å². The quantitative estimate of drug-likeness (QED) is 0.469. The van der Waals surface area contributed by atoms with Crippen LogP contribution in [0.2, 0.25) is 0 Å². The van der Waals surface area contributed by atoms with Crippen molar-refractivity contribution in [3.05, 3.63) is 35.9 Å². The largest absolute Gasteiger partial charge is 0.376 e. The summed E-state index contributed by atoms with van der Waals surface area (Å²) in [5.41, 5.74) is 6.19. The first-order valence-corrected chi connectivity index (χ1v) is 4.23.